The van der Waals surface area contributed by atoms with Crippen molar-refractivity contribution >= 4 is 16.7 Å². The summed E-state index contributed by atoms with van der Waals surface area (Å²) >= 11 is 0. The van der Waals surface area contributed by atoms with Crippen molar-refractivity contribution in [2.45, 2.75) is 19.4 Å². The molecule has 0 aliphatic carbocycles. The van der Waals surface area contributed by atoms with E-state index in [0.29, 0.717) is 18.5 Å². The van der Waals surface area contributed by atoms with Gasteiger partial charge in [0.1, 0.15) is 0 Å². The Kier molecular flexibility index (Phi) is 4.12. The van der Waals surface area contributed by atoms with Crippen LogP contribution in [0.4, 0.5) is 0 Å². The maximum absolute atomic E-state index is 12.4. The Morgan fingerprint density at radius 2 is 2.11 bits per heavy atom. The molecule has 0 spiro atoms. The van der Waals surface area contributed by atoms with E-state index >= 15 is 0 Å². The molecule has 4 heteroatoms. The van der Waals surface area contributed by atoms with Gasteiger partial charge in [-0.3, -0.25) is 9.78 Å². The molecular formula is C15H18N2O2. The zero-order chi connectivity index (χ0) is 13.8. The predicted molar refractivity (Wildman–Crippen MR) is 75.0 cm³/mol. The highest BCUT2D eigenvalue weighted by Gasteiger charge is 2.15. The number of carbonyl (C=O) groups is 1. The average Bonchev–Trinajstić information content (AvgIpc) is 2.43. The van der Waals surface area contributed by atoms with Crippen molar-refractivity contribution in [2.75, 3.05) is 13.6 Å². The first kappa shape index (κ1) is 13.5. The van der Waals surface area contributed by atoms with Crippen molar-refractivity contribution in [1.82, 2.24) is 9.88 Å². The van der Waals surface area contributed by atoms with Gasteiger partial charge >= 0.3 is 0 Å². The van der Waals surface area contributed by atoms with E-state index in [2.05, 4.69) is 4.98 Å². The number of nitrogens with zero attached hydrogens (tertiary/aromatic N) is 2. The molecule has 1 atom stereocenters. The van der Waals surface area contributed by atoms with Gasteiger partial charge in [0.2, 0.25) is 0 Å². The van der Waals surface area contributed by atoms with Crippen LogP contribution in [0.5, 0.6) is 0 Å². The number of aromatic nitrogens is 1. The van der Waals surface area contributed by atoms with Gasteiger partial charge < -0.3 is 10.0 Å². The third-order valence-corrected chi connectivity index (χ3v) is 3.13. The van der Waals surface area contributed by atoms with Crippen LogP contribution in [0.1, 0.15) is 23.7 Å². The normalized spacial score (nSPS) is 12.4. The number of aliphatic hydroxyl groups is 1. The van der Waals surface area contributed by atoms with Gasteiger partial charge in [-0.25, -0.2) is 0 Å². The van der Waals surface area contributed by atoms with Crippen LogP contribution in [0.3, 0.4) is 0 Å². The number of pyridine rings is 1. The molecule has 0 aliphatic rings. The largest absolute Gasteiger partial charge is 0.393 e. The molecule has 0 radical (unpaired) electrons. The zero-order valence-electron chi connectivity index (χ0n) is 11.2. The second-order valence-corrected chi connectivity index (χ2v) is 4.77. The zero-order valence-corrected chi connectivity index (χ0v) is 11.2. The molecule has 0 fully saturated rings. The van der Waals surface area contributed by atoms with Crippen LogP contribution >= 0.6 is 0 Å². The summed E-state index contributed by atoms with van der Waals surface area (Å²) in [4.78, 5) is 18.1. The van der Waals surface area contributed by atoms with E-state index in [-0.39, 0.29) is 5.91 Å². The first-order valence-electron chi connectivity index (χ1n) is 6.36. The second kappa shape index (κ2) is 5.80. The summed E-state index contributed by atoms with van der Waals surface area (Å²) in [6, 6.07) is 7.70. The number of benzene rings is 1. The van der Waals surface area contributed by atoms with E-state index < -0.39 is 6.10 Å². The number of fused-ring (bicyclic) bond motifs is 1. The van der Waals surface area contributed by atoms with Gasteiger partial charge in [-0.05, 0) is 18.7 Å². The van der Waals surface area contributed by atoms with Crippen molar-refractivity contribution in [3.63, 3.8) is 0 Å². The van der Waals surface area contributed by atoms with Crippen LogP contribution in [0.2, 0.25) is 0 Å². The highest BCUT2D eigenvalue weighted by molar-refractivity contribution is 6.06. The van der Waals surface area contributed by atoms with Crippen molar-refractivity contribution in [2.24, 2.45) is 0 Å². The maximum atomic E-state index is 12.4. The van der Waals surface area contributed by atoms with E-state index in [0.717, 1.165) is 10.8 Å². The molecule has 2 aromatic rings. The molecule has 1 N–H and O–H groups in total. The highest BCUT2D eigenvalue weighted by atomic mass is 16.3. The molecule has 0 bridgehead atoms. The Balaban J connectivity index is 2.26. The van der Waals surface area contributed by atoms with E-state index in [1.807, 2.05) is 24.3 Å². The van der Waals surface area contributed by atoms with Gasteiger partial charge in [0.25, 0.3) is 5.91 Å². The second-order valence-electron chi connectivity index (χ2n) is 4.77. The molecule has 100 valence electrons. The lowest BCUT2D eigenvalue weighted by atomic mass is 10.1. The predicted octanol–water partition coefficient (Wildman–Crippen LogP) is 2.08. The fourth-order valence-electron chi connectivity index (χ4n) is 1.97. The molecule has 1 unspecified atom stereocenters. The third-order valence-electron chi connectivity index (χ3n) is 3.13. The molecular weight excluding hydrogens is 240 g/mol. The molecule has 1 aromatic carbocycles. The molecule has 4 nitrogen and oxygen atoms in total. The number of carbonyl (C=O) groups excluding carboxylic acids is 1. The third kappa shape index (κ3) is 3.09. The summed E-state index contributed by atoms with van der Waals surface area (Å²) in [5.41, 5.74) is 0.603. The van der Waals surface area contributed by atoms with Crippen molar-refractivity contribution < 1.29 is 9.90 Å². The summed E-state index contributed by atoms with van der Waals surface area (Å²) in [6.45, 7) is 2.25. The molecule has 1 aromatic heterocycles. The molecule has 1 amide bonds. The van der Waals surface area contributed by atoms with Gasteiger partial charge in [0.05, 0.1) is 11.7 Å². The lowest BCUT2D eigenvalue weighted by Gasteiger charge is -2.18. The number of rotatable bonds is 4. The van der Waals surface area contributed by atoms with Gasteiger partial charge in [-0.15, -0.1) is 0 Å². The average molecular weight is 258 g/mol. The molecule has 2 rings (SSSR count). The molecule has 1 heterocycles. The fraction of sp³-hybridized carbons (Fsp3) is 0.333. The topological polar surface area (TPSA) is 53.4 Å². The summed E-state index contributed by atoms with van der Waals surface area (Å²) in [5, 5.41) is 11.1. The Labute approximate surface area is 112 Å². The van der Waals surface area contributed by atoms with Crippen LogP contribution in [-0.4, -0.2) is 40.6 Å². The standard InChI is InChI=1S/C15H18N2O2/c1-11(18)7-8-17(2)15(19)14-10-16-9-12-5-3-4-6-13(12)14/h3-6,9-11,18H,7-8H2,1-2H3. The summed E-state index contributed by atoms with van der Waals surface area (Å²) in [6.07, 6.45) is 3.52. The molecule has 19 heavy (non-hydrogen) atoms. The van der Waals surface area contributed by atoms with Gasteiger partial charge in [-0.2, -0.15) is 0 Å². The van der Waals surface area contributed by atoms with E-state index in [9.17, 15) is 9.90 Å². The highest BCUT2D eigenvalue weighted by Crippen LogP contribution is 2.18. The van der Waals surface area contributed by atoms with Crippen LogP contribution < -0.4 is 0 Å². The first-order chi connectivity index (χ1) is 9.09. The van der Waals surface area contributed by atoms with Crippen LogP contribution in [-0.2, 0) is 0 Å². The monoisotopic (exact) mass is 258 g/mol. The minimum absolute atomic E-state index is 0.0649. The minimum atomic E-state index is -0.402. The Hall–Kier alpha value is -1.94. The lowest BCUT2D eigenvalue weighted by molar-refractivity contribution is 0.0770. The first-order valence-corrected chi connectivity index (χ1v) is 6.36. The lowest BCUT2D eigenvalue weighted by Crippen LogP contribution is -2.29. The van der Waals surface area contributed by atoms with Crippen LogP contribution in [0.15, 0.2) is 36.7 Å². The smallest absolute Gasteiger partial charge is 0.255 e. The van der Waals surface area contributed by atoms with Crippen molar-refractivity contribution in [1.29, 1.82) is 0 Å². The van der Waals surface area contributed by atoms with E-state index in [1.54, 1.807) is 31.3 Å². The number of amides is 1. The summed E-state index contributed by atoms with van der Waals surface area (Å²) in [7, 11) is 1.74. The van der Waals surface area contributed by atoms with E-state index in [4.69, 9.17) is 0 Å². The van der Waals surface area contributed by atoms with Gasteiger partial charge in [0, 0.05) is 31.4 Å². The number of hydrogen-bond acceptors (Lipinski definition) is 3. The minimum Gasteiger partial charge on any atom is -0.393 e. The number of hydrogen-bond donors (Lipinski definition) is 1. The summed E-state index contributed by atoms with van der Waals surface area (Å²) in [5.74, 6) is -0.0649. The van der Waals surface area contributed by atoms with Crippen molar-refractivity contribution in [3.8, 4) is 0 Å². The van der Waals surface area contributed by atoms with Gasteiger partial charge in [-0.1, -0.05) is 24.3 Å². The van der Waals surface area contributed by atoms with Gasteiger partial charge in [0.15, 0.2) is 0 Å². The van der Waals surface area contributed by atoms with Crippen molar-refractivity contribution in [3.05, 3.63) is 42.2 Å². The number of aliphatic hydroxyl groups excluding tert-OH is 1. The Bertz CT molecular complexity index is 576. The maximum Gasteiger partial charge on any atom is 0.255 e. The fourth-order valence-corrected chi connectivity index (χ4v) is 1.97. The quantitative estimate of drug-likeness (QED) is 0.913. The van der Waals surface area contributed by atoms with E-state index in [1.165, 1.54) is 0 Å². The molecule has 0 saturated carbocycles. The molecule has 0 aliphatic heterocycles. The molecule has 0 saturated heterocycles. The van der Waals surface area contributed by atoms with Crippen LogP contribution in [0.25, 0.3) is 10.8 Å². The summed E-state index contributed by atoms with van der Waals surface area (Å²) < 4.78 is 0. The Morgan fingerprint density at radius 3 is 2.84 bits per heavy atom. The Morgan fingerprint density at radius 1 is 1.37 bits per heavy atom. The SMILES string of the molecule is CC(O)CCN(C)C(=O)c1cncc2ccccc12. The van der Waals surface area contributed by atoms with Crippen LogP contribution in [0, 0.1) is 0 Å².